The van der Waals surface area contributed by atoms with E-state index in [0.29, 0.717) is 22.6 Å². The van der Waals surface area contributed by atoms with Crippen LogP contribution in [-0.4, -0.2) is 17.9 Å². The van der Waals surface area contributed by atoms with Crippen LogP contribution >= 0.6 is 0 Å². The number of carbonyl (C=O) groups is 1. The summed E-state index contributed by atoms with van der Waals surface area (Å²) in [6, 6.07) is 3.09. The van der Waals surface area contributed by atoms with Gasteiger partial charge in [-0.05, 0) is 12.1 Å². The molecule has 1 unspecified atom stereocenters. The number of hydrogen-bond acceptors (Lipinski definition) is 5. The van der Waals surface area contributed by atoms with Gasteiger partial charge in [0.25, 0.3) is 0 Å². The first kappa shape index (κ1) is 7.64. The first-order valence-electron chi connectivity index (χ1n) is 4.08. The standard InChI is InChI=1S/C9H6O5/c10-8-4-1-6-7(13-3-12-6)2-5(4)9(11)14-8/h1-2,8,10H,3H2. The highest BCUT2D eigenvalue weighted by Crippen LogP contribution is 2.40. The Kier molecular flexibility index (Phi) is 1.30. The van der Waals surface area contributed by atoms with Crippen LogP contribution < -0.4 is 9.47 Å². The summed E-state index contributed by atoms with van der Waals surface area (Å²) in [6.07, 6.45) is -1.19. The van der Waals surface area contributed by atoms with Crippen molar-refractivity contribution in [3.05, 3.63) is 23.3 Å². The smallest absolute Gasteiger partial charge is 0.341 e. The summed E-state index contributed by atoms with van der Waals surface area (Å²) in [5.41, 5.74) is 0.765. The van der Waals surface area contributed by atoms with Gasteiger partial charge in [0, 0.05) is 5.56 Å². The van der Waals surface area contributed by atoms with Crippen LogP contribution in [0.1, 0.15) is 22.2 Å². The molecule has 2 aliphatic heterocycles. The molecular weight excluding hydrogens is 188 g/mol. The largest absolute Gasteiger partial charge is 0.454 e. The van der Waals surface area contributed by atoms with Gasteiger partial charge in [0.2, 0.25) is 13.1 Å². The number of carbonyl (C=O) groups excluding carboxylic acids is 1. The minimum Gasteiger partial charge on any atom is -0.454 e. The third-order valence-electron chi connectivity index (χ3n) is 2.25. The molecule has 0 saturated heterocycles. The Labute approximate surface area is 78.8 Å². The van der Waals surface area contributed by atoms with Crippen molar-refractivity contribution in [1.29, 1.82) is 0 Å². The highest BCUT2D eigenvalue weighted by Gasteiger charge is 2.32. The van der Waals surface area contributed by atoms with E-state index in [1.54, 1.807) is 6.07 Å². The van der Waals surface area contributed by atoms with Crippen LogP contribution in [0.3, 0.4) is 0 Å². The minimum absolute atomic E-state index is 0.142. The number of rotatable bonds is 0. The van der Waals surface area contributed by atoms with Crippen molar-refractivity contribution >= 4 is 5.97 Å². The van der Waals surface area contributed by atoms with Crippen molar-refractivity contribution in [2.45, 2.75) is 6.29 Å². The van der Waals surface area contributed by atoms with Crippen LogP contribution in [-0.2, 0) is 4.74 Å². The van der Waals surface area contributed by atoms with Crippen molar-refractivity contribution in [3.63, 3.8) is 0 Å². The third kappa shape index (κ3) is 0.843. The van der Waals surface area contributed by atoms with E-state index in [0.717, 1.165) is 0 Å². The molecular formula is C9H6O5. The van der Waals surface area contributed by atoms with Crippen molar-refractivity contribution in [2.24, 2.45) is 0 Å². The van der Waals surface area contributed by atoms with Crippen molar-refractivity contribution in [1.82, 2.24) is 0 Å². The molecule has 0 fully saturated rings. The fourth-order valence-electron chi connectivity index (χ4n) is 1.57. The summed E-state index contributed by atoms with van der Waals surface area (Å²) >= 11 is 0. The number of benzene rings is 1. The van der Waals surface area contributed by atoms with Crippen LogP contribution in [0, 0.1) is 0 Å². The average Bonchev–Trinajstić information content (AvgIpc) is 2.70. The molecule has 2 heterocycles. The number of hydrogen-bond donors (Lipinski definition) is 1. The molecule has 3 rings (SSSR count). The Balaban J connectivity index is 2.22. The molecule has 0 bridgehead atoms. The van der Waals surface area contributed by atoms with E-state index in [4.69, 9.17) is 9.47 Å². The lowest BCUT2D eigenvalue weighted by Crippen LogP contribution is -1.96. The quantitative estimate of drug-likeness (QED) is 0.612. The molecule has 0 aromatic heterocycles. The van der Waals surface area contributed by atoms with Gasteiger partial charge in [0.05, 0.1) is 5.56 Å². The van der Waals surface area contributed by atoms with Crippen molar-refractivity contribution < 1.29 is 24.1 Å². The summed E-state index contributed by atoms with van der Waals surface area (Å²) < 4.78 is 14.8. The van der Waals surface area contributed by atoms with Crippen LogP contribution in [0.5, 0.6) is 11.5 Å². The summed E-state index contributed by atoms with van der Waals surface area (Å²) in [4.78, 5) is 11.2. The molecule has 0 amide bonds. The van der Waals surface area contributed by atoms with Gasteiger partial charge in [0.1, 0.15) is 0 Å². The number of esters is 1. The van der Waals surface area contributed by atoms with Gasteiger partial charge < -0.3 is 19.3 Å². The van der Waals surface area contributed by atoms with E-state index in [2.05, 4.69) is 4.74 Å². The molecule has 1 atom stereocenters. The maximum atomic E-state index is 11.2. The first-order chi connectivity index (χ1) is 6.75. The fraction of sp³-hybridized carbons (Fsp3) is 0.222. The van der Waals surface area contributed by atoms with E-state index in [1.165, 1.54) is 6.07 Å². The molecule has 5 heteroatoms. The number of ether oxygens (including phenoxy) is 3. The molecule has 1 aromatic carbocycles. The molecule has 0 spiro atoms. The predicted octanol–water partition coefficient (Wildman–Crippen LogP) is 0.577. The van der Waals surface area contributed by atoms with E-state index >= 15 is 0 Å². The molecule has 14 heavy (non-hydrogen) atoms. The van der Waals surface area contributed by atoms with Crippen LogP contribution in [0.4, 0.5) is 0 Å². The van der Waals surface area contributed by atoms with Crippen molar-refractivity contribution in [2.75, 3.05) is 6.79 Å². The van der Waals surface area contributed by atoms with Gasteiger partial charge >= 0.3 is 5.97 Å². The Morgan fingerprint density at radius 1 is 1.29 bits per heavy atom. The van der Waals surface area contributed by atoms with E-state index < -0.39 is 12.3 Å². The Hall–Kier alpha value is -1.75. The SMILES string of the molecule is O=C1OC(O)c2cc3c(cc21)OCO3. The van der Waals surface area contributed by atoms with E-state index in [-0.39, 0.29) is 6.79 Å². The Morgan fingerprint density at radius 3 is 2.79 bits per heavy atom. The highest BCUT2D eigenvalue weighted by molar-refractivity contribution is 5.94. The van der Waals surface area contributed by atoms with Gasteiger partial charge in [-0.3, -0.25) is 0 Å². The average molecular weight is 194 g/mol. The van der Waals surface area contributed by atoms with Crippen LogP contribution in [0.2, 0.25) is 0 Å². The zero-order valence-electron chi connectivity index (χ0n) is 7.02. The molecule has 0 aliphatic carbocycles. The summed E-state index contributed by atoms with van der Waals surface area (Å²) in [7, 11) is 0. The molecule has 0 radical (unpaired) electrons. The predicted molar refractivity (Wildman–Crippen MR) is 42.9 cm³/mol. The maximum absolute atomic E-state index is 11.2. The molecule has 5 nitrogen and oxygen atoms in total. The number of fused-ring (bicyclic) bond motifs is 2. The lowest BCUT2D eigenvalue weighted by Gasteiger charge is -2.01. The highest BCUT2D eigenvalue weighted by atomic mass is 16.7. The summed E-state index contributed by atoms with van der Waals surface area (Å²) in [5, 5.41) is 9.34. The van der Waals surface area contributed by atoms with E-state index in [1.807, 2.05) is 0 Å². The second-order valence-electron chi connectivity index (χ2n) is 3.05. The minimum atomic E-state index is -1.19. The van der Waals surface area contributed by atoms with Crippen molar-refractivity contribution in [3.8, 4) is 11.5 Å². The van der Waals surface area contributed by atoms with Gasteiger partial charge in [-0.2, -0.15) is 0 Å². The van der Waals surface area contributed by atoms with Gasteiger partial charge in [0.15, 0.2) is 11.5 Å². The maximum Gasteiger partial charge on any atom is 0.341 e. The van der Waals surface area contributed by atoms with Crippen LogP contribution in [0.15, 0.2) is 12.1 Å². The Morgan fingerprint density at radius 2 is 2.00 bits per heavy atom. The third-order valence-corrected chi connectivity index (χ3v) is 2.25. The lowest BCUT2D eigenvalue weighted by atomic mass is 10.1. The number of cyclic esters (lactones) is 1. The molecule has 2 aliphatic rings. The number of aliphatic hydroxyl groups excluding tert-OH is 1. The molecule has 1 N–H and O–H groups in total. The van der Waals surface area contributed by atoms with Gasteiger partial charge in [-0.15, -0.1) is 0 Å². The van der Waals surface area contributed by atoms with Gasteiger partial charge in [-0.1, -0.05) is 0 Å². The fourth-order valence-corrected chi connectivity index (χ4v) is 1.57. The number of aliphatic hydroxyl groups is 1. The monoisotopic (exact) mass is 194 g/mol. The van der Waals surface area contributed by atoms with E-state index in [9.17, 15) is 9.90 Å². The Bertz CT molecular complexity index is 425. The molecule has 1 aromatic rings. The molecule has 72 valence electrons. The molecule has 0 saturated carbocycles. The second-order valence-corrected chi connectivity index (χ2v) is 3.05. The normalized spacial score (nSPS) is 22.1. The summed E-state index contributed by atoms with van der Waals surface area (Å²) in [6.45, 7) is 0.142. The zero-order valence-corrected chi connectivity index (χ0v) is 7.02. The first-order valence-corrected chi connectivity index (χ1v) is 4.08. The topological polar surface area (TPSA) is 65.0 Å². The van der Waals surface area contributed by atoms with Gasteiger partial charge in [-0.25, -0.2) is 4.79 Å². The summed E-state index contributed by atoms with van der Waals surface area (Å²) in [5.74, 6) is 0.502. The zero-order chi connectivity index (χ0) is 9.71. The van der Waals surface area contributed by atoms with Crippen LogP contribution in [0.25, 0.3) is 0 Å². The second kappa shape index (κ2) is 2.39. The lowest BCUT2D eigenvalue weighted by molar-refractivity contribution is -0.0548.